The standard InChI is InChI=1S/C12H20ClN3O/c1-4-6-17-11-7-9(3)15-12(16-11)14-8-10(13)5-2/h7,10H,4-6,8H2,1-3H3,(H,14,15,16). The monoisotopic (exact) mass is 257 g/mol. The van der Waals surface area contributed by atoms with Gasteiger partial charge in [0.25, 0.3) is 0 Å². The Balaban J connectivity index is 2.61. The molecule has 0 radical (unpaired) electrons. The Morgan fingerprint density at radius 3 is 2.82 bits per heavy atom. The van der Waals surface area contributed by atoms with Crippen LogP contribution in [0.3, 0.4) is 0 Å². The average molecular weight is 258 g/mol. The second-order valence-electron chi connectivity index (χ2n) is 3.91. The van der Waals surface area contributed by atoms with Gasteiger partial charge in [0.1, 0.15) is 0 Å². The Labute approximate surface area is 108 Å². The fourth-order valence-corrected chi connectivity index (χ4v) is 1.32. The molecule has 1 N–H and O–H groups in total. The quantitative estimate of drug-likeness (QED) is 0.763. The summed E-state index contributed by atoms with van der Waals surface area (Å²) in [4.78, 5) is 8.56. The van der Waals surface area contributed by atoms with Gasteiger partial charge in [0, 0.05) is 18.3 Å². The van der Waals surface area contributed by atoms with Gasteiger partial charge >= 0.3 is 0 Å². The molecule has 1 unspecified atom stereocenters. The van der Waals surface area contributed by atoms with Crippen LogP contribution in [0, 0.1) is 6.92 Å². The molecule has 17 heavy (non-hydrogen) atoms. The molecule has 1 aromatic heterocycles. The molecule has 0 spiro atoms. The summed E-state index contributed by atoms with van der Waals surface area (Å²) in [7, 11) is 0. The molecule has 0 aromatic carbocycles. The molecule has 0 amide bonds. The van der Waals surface area contributed by atoms with Crippen LogP contribution in [-0.4, -0.2) is 28.5 Å². The van der Waals surface area contributed by atoms with Gasteiger partial charge in [-0.05, 0) is 19.8 Å². The second-order valence-corrected chi connectivity index (χ2v) is 4.52. The highest BCUT2D eigenvalue weighted by molar-refractivity contribution is 6.20. The number of anilines is 1. The number of hydrogen-bond acceptors (Lipinski definition) is 4. The van der Waals surface area contributed by atoms with Crippen molar-refractivity contribution in [3.05, 3.63) is 11.8 Å². The van der Waals surface area contributed by atoms with E-state index in [0.717, 1.165) is 18.5 Å². The van der Waals surface area contributed by atoms with Crippen molar-refractivity contribution in [2.75, 3.05) is 18.5 Å². The van der Waals surface area contributed by atoms with Crippen molar-refractivity contribution < 1.29 is 4.74 Å². The molecule has 4 nitrogen and oxygen atoms in total. The van der Waals surface area contributed by atoms with Crippen LogP contribution < -0.4 is 10.1 Å². The maximum absolute atomic E-state index is 6.03. The molecular weight excluding hydrogens is 238 g/mol. The minimum Gasteiger partial charge on any atom is -0.478 e. The molecule has 1 heterocycles. The topological polar surface area (TPSA) is 47.0 Å². The number of hydrogen-bond donors (Lipinski definition) is 1. The zero-order valence-corrected chi connectivity index (χ0v) is 11.4. The third kappa shape index (κ3) is 5.22. The SMILES string of the molecule is CCCOc1cc(C)nc(NCC(Cl)CC)n1. The van der Waals surface area contributed by atoms with Crippen LogP contribution in [0.25, 0.3) is 0 Å². The van der Waals surface area contributed by atoms with E-state index in [4.69, 9.17) is 16.3 Å². The summed E-state index contributed by atoms with van der Waals surface area (Å²) >= 11 is 6.03. The van der Waals surface area contributed by atoms with E-state index in [1.165, 1.54) is 0 Å². The van der Waals surface area contributed by atoms with E-state index in [2.05, 4.69) is 22.2 Å². The van der Waals surface area contributed by atoms with Gasteiger partial charge in [0.05, 0.1) is 12.0 Å². The number of rotatable bonds is 7. The van der Waals surface area contributed by atoms with Crippen molar-refractivity contribution in [2.24, 2.45) is 0 Å². The number of alkyl halides is 1. The van der Waals surface area contributed by atoms with Gasteiger partial charge in [-0.1, -0.05) is 13.8 Å². The highest BCUT2D eigenvalue weighted by Crippen LogP contribution is 2.13. The number of nitrogens with one attached hydrogen (secondary N) is 1. The summed E-state index contributed by atoms with van der Waals surface area (Å²) in [6.45, 7) is 7.36. The van der Waals surface area contributed by atoms with Gasteiger partial charge in [0.2, 0.25) is 11.8 Å². The Kier molecular flexibility index (Phi) is 6.05. The van der Waals surface area contributed by atoms with Crippen molar-refractivity contribution >= 4 is 17.5 Å². The molecule has 0 aliphatic carbocycles. The van der Waals surface area contributed by atoms with E-state index in [-0.39, 0.29) is 5.38 Å². The number of nitrogens with zero attached hydrogens (tertiary/aromatic N) is 2. The largest absolute Gasteiger partial charge is 0.478 e. The molecule has 1 rings (SSSR count). The number of halogens is 1. The van der Waals surface area contributed by atoms with E-state index in [0.29, 0.717) is 25.0 Å². The van der Waals surface area contributed by atoms with E-state index in [9.17, 15) is 0 Å². The number of aromatic nitrogens is 2. The van der Waals surface area contributed by atoms with Crippen molar-refractivity contribution in [1.82, 2.24) is 9.97 Å². The Morgan fingerprint density at radius 1 is 1.41 bits per heavy atom. The third-order valence-electron chi connectivity index (χ3n) is 2.21. The van der Waals surface area contributed by atoms with Crippen molar-refractivity contribution in [3.63, 3.8) is 0 Å². The first kappa shape index (κ1) is 14.0. The molecule has 0 saturated heterocycles. The molecule has 0 bridgehead atoms. The fraction of sp³-hybridized carbons (Fsp3) is 0.667. The third-order valence-corrected chi connectivity index (χ3v) is 2.67. The molecule has 1 aromatic rings. The molecule has 0 aliphatic rings. The van der Waals surface area contributed by atoms with E-state index in [1.807, 2.05) is 19.9 Å². The second kappa shape index (κ2) is 7.33. The number of ether oxygens (including phenoxy) is 1. The lowest BCUT2D eigenvalue weighted by molar-refractivity contribution is 0.305. The van der Waals surface area contributed by atoms with Crippen LogP contribution in [-0.2, 0) is 0 Å². The lowest BCUT2D eigenvalue weighted by Gasteiger charge is -2.10. The zero-order valence-electron chi connectivity index (χ0n) is 10.7. The lowest BCUT2D eigenvalue weighted by Crippen LogP contribution is -2.15. The molecule has 0 aliphatic heterocycles. The smallest absolute Gasteiger partial charge is 0.226 e. The summed E-state index contributed by atoms with van der Waals surface area (Å²) in [5, 5.41) is 3.22. The van der Waals surface area contributed by atoms with Gasteiger partial charge in [0.15, 0.2) is 0 Å². The normalized spacial score (nSPS) is 12.2. The summed E-state index contributed by atoms with van der Waals surface area (Å²) in [6.07, 6.45) is 1.88. The van der Waals surface area contributed by atoms with Gasteiger partial charge in [-0.15, -0.1) is 11.6 Å². The minimum absolute atomic E-state index is 0.0964. The summed E-state index contributed by atoms with van der Waals surface area (Å²) in [5.74, 6) is 1.19. The maximum Gasteiger partial charge on any atom is 0.226 e. The lowest BCUT2D eigenvalue weighted by atomic mass is 10.3. The van der Waals surface area contributed by atoms with Crippen molar-refractivity contribution in [1.29, 1.82) is 0 Å². The van der Waals surface area contributed by atoms with Gasteiger partial charge < -0.3 is 10.1 Å². The first-order valence-electron chi connectivity index (χ1n) is 6.02. The molecular formula is C12H20ClN3O. The van der Waals surface area contributed by atoms with Crippen LogP contribution >= 0.6 is 11.6 Å². The predicted molar refractivity (Wildman–Crippen MR) is 71.0 cm³/mol. The highest BCUT2D eigenvalue weighted by atomic mass is 35.5. The molecule has 0 saturated carbocycles. The summed E-state index contributed by atoms with van der Waals surface area (Å²) in [6, 6.07) is 1.83. The van der Waals surface area contributed by atoms with E-state index in [1.54, 1.807) is 0 Å². The Bertz CT molecular complexity index is 347. The predicted octanol–water partition coefficient (Wildman–Crippen LogP) is 3.00. The van der Waals surface area contributed by atoms with E-state index >= 15 is 0 Å². The number of aryl methyl sites for hydroxylation is 1. The molecule has 5 heteroatoms. The van der Waals surface area contributed by atoms with Crippen LogP contribution in [0.5, 0.6) is 5.88 Å². The van der Waals surface area contributed by atoms with Crippen LogP contribution in [0.2, 0.25) is 0 Å². The minimum atomic E-state index is 0.0964. The van der Waals surface area contributed by atoms with Crippen LogP contribution in [0.4, 0.5) is 5.95 Å². The maximum atomic E-state index is 6.03. The van der Waals surface area contributed by atoms with Crippen LogP contribution in [0.15, 0.2) is 6.07 Å². The van der Waals surface area contributed by atoms with Crippen LogP contribution in [0.1, 0.15) is 32.4 Å². The average Bonchev–Trinajstić information content (AvgIpc) is 2.32. The van der Waals surface area contributed by atoms with Crippen molar-refractivity contribution in [2.45, 2.75) is 39.0 Å². The van der Waals surface area contributed by atoms with Gasteiger partial charge in [-0.3, -0.25) is 0 Å². The highest BCUT2D eigenvalue weighted by Gasteiger charge is 2.05. The van der Waals surface area contributed by atoms with Crippen molar-refractivity contribution in [3.8, 4) is 5.88 Å². The zero-order chi connectivity index (χ0) is 12.7. The fourth-order valence-electron chi connectivity index (χ4n) is 1.25. The molecule has 0 fully saturated rings. The first-order chi connectivity index (χ1) is 8.15. The van der Waals surface area contributed by atoms with E-state index < -0.39 is 0 Å². The molecule has 1 atom stereocenters. The summed E-state index contributed by atoms with van der Waals surface area (Å²) in [5.41, 5.74) is 0.885. The first-order valence-corrected chi connectivity index (χ1v) is 6.45. The Morgan fingerprint density at radius 2 is 2.18 bits per heavy atom. The van der Waals surface area contributed by atoms with Gasteiger partial charge in [-0.25, -0.2) is 4.98 Å². The Hall–Kier alpha value is -1.03. The molecule has 96 valence electrons. The van der Waals surface area contributed by atoms with Gasteiger partial charge in [-0.2, -0.15) is 4.98 Å². The summed E-state index contributed by atoms with van der Waals surface area (Å²) < 4.78 is 5.49.